The molecule has 0 spiro atoms. The molecular weight excluding hydrogens is 364 g/mol. The third-order valence-corrected chi connectivity index (χ3v) is 2.38. The topological polar surface area (TPSA) is 34.1 Å². The number of hydrogen-bond donors (Lipinski definition) is 0. The molecule has 0 saturated heterocycles. The maximum Gasteiger partial charge on any atom is 0.0832 e. The molecule has 18 heavy (non-hydrogen) atoms. The molecule has 2 nitrogen and oxygen atoms in total. The van der Waals surface area contributed by atoms with Gasteiger partial charge in [0.15, 0.2) is 0 Å². The molecule has 0 N–H and O–H groups in total. The Bertz CT molecular complexity index is 471. The van der Waals surface area contributed by atoms with Crippen molar-refractivity contribution in [3.8, 4) is 0 Å². The van der Waals surface area contributed by atoms with Crippen LogP contribution in [0.15, 0.2) is 60.7 Å². The Balaban J connectivity index is 0.00000162. The zero-order chi connectivity index (χ0) is 12.1. The maximum absolute atomic E-state index is 11.8. The second-order valence-electron chi connectivity index (χ2n) is 3.60. The van der Waals surface area contributed by atoms with Crippen LogP contribution in [0.1, 0.15) is 20.7 Å². The molecule has 0 amide bonds. The third-order valence-electron chi connectivity index (χ3n) is 2.38. The predicted octanol–water partition coefficient (Wildman–Crippen LogP) is 2.96. The molecule has 2 aromatic rings. The average molecular weight is 375 g/mol. The van der Waals surface area contributed by atoms with E-state index in [4.69, 9.17) is 0 Å². The van der Waals surface area contributed by atoms with E-state index >= 15 is 0 Å². The van der Waals surface area contributed by atoms with Crippen LogP contribution in [0, 0.1) is 55.8 Å². The molecule has 0 aliphatic rings. The molecule has 0 aliphatic heterocycles. The molecule has 0 heterocycles. The van der Waals surface area contributed by atoms with Crippen molar-refractivity contribution in [1.82, 2.24) is 0 Å². The molecule has 0 unspecified atom stereocenters. The van der Waals surface area contributed by atoms with Crippen LogP contribution >= 0.6 is 0 Å². The number of hydrogen-bond acceptors (Lipinski definition) is 2. The number of Topliss-reactive ketones (excluding diaryl/α,β-unsaturated/α-hetero) is 2. The van der Waals surface area contributed by atoms with Gasteiger partial charge in [-0.1, -0.05) is 53.9 Å². The van der Waals surface area contributed by atoms with Crippen molar-refractivity contribution in [1.29, 1.82) is 0 Å². The van der Waals surface area contributed by atoms with Gasteiger partial charge < -0.3 is 9.59 Å². The van der Waals surface area contributed by atoms with E-state index in [2.05, 4.69) is 0 Å². The summed E-state index contributed by atoms with van der Waals surface area (Å²) in [5, 5.41) is 0. The second-order valence-corrected chi connectivity index (χ2v) is 3.60. The quantitative estimate of drug-likeness (QED) is 0.468. The minimum absolute atomic E-state index is 0. The van der Waals surface area contributed by atoms with E-state index in [1.54, 1.807) is 48.5 Å². The number of ketones is 2. The van der Waals surface area contributed by atoms with E-state index in [-0.39, 0.29) is 60.9 Å². The molecule has 0 saturated carbocycles. The summed E-state index contributed by atoms with van der Waals surface area (Å²) in [5.74, 6) is -0.529. The number of rotatable bonds is 4. The fraction of sp³-hybridized carbons (Fsp3) is 0. The molecule has 3 heteroatoms. The average Bonchev–Trinajstić information content (AvgIpc) is 2.40. The zero-order valence-electron chi connectivity index (χ0n) is 9.55. The Kier molecular flexibility index (Phi) is 6.48. The summed E-state index contributed by atoms with van der Waals surface area (Å²) in [5.41, 5.74) is 1.05. The summed E-state index contributed by atoms with van der Waals surface area (Å²) in [6.07, 6.45) is 1.13. The van der Waals surface area contributed by atoms with Gasteiger partial charge in [-0.05, 0) is 0 Å². The third kappa shape index (κ3) is 4.16. The van der Waals surface area contributed by atoms with Gasteiger partial charge in [0.05, 0.1) is 11.6 Å². The van der Waals surface area contributed by atoms with Crippen molar-refractivity contribution < 1.29 is 59.0 Å². The van der Waals surface area contributed by atoms with Crippen molar-refractivity contribution in [3.63, 3.8) is 0 Å². The first kappa shape index (κ1) is 15.3. The molecule has 0 bridgehead atoms. The van der Waals surface area contributed by atoms with Gasteiger partial charge in [0, 0.05) is 49.4 Å². The van der Waals surface area contributed by atoms with Crippen LogP contribution in [0.5, 0.6) is 0 Å². The van der Waals surface area contributed by atoms with Gasteiger partial charge in [0.25, 0.3) is 0 Å². The van der Waals surface area contributed by atoms with Gasteiger partial charge in [0.1, 0.15) is 0 Å². The SMILES string of the molecule is O=C([CH-]C(=O)c1ccccc1)c1ccccc1.[Eu]. The summed E-state index contributed by atoms with van der Waals surface area (Å²) in [4.78, 5) is 23.5. The van der Waals surface area contributed by atoms with Crippen LogP contribution in [-0.2, 0) is 0 Å². The van der Waals surface area contributed by atoms with Crippen molar-refractivity contribution >= 4 is 11.6 Å². The Hall–Kier alpha value is -0.766. The summed E-state index contributed by atoms with van der Waals surface area (Å²) in [7, 11) is 0. The standard InChI is InChI=1S/C15H11O2.Eu/c16-14(12-7-3-1-4-8-12)11-15(17)13-9-5-2-6-10-13;/h1-11H;/q-1;. The van der Waals surface area contributed by atoms with Gasteiger partial charge >= 0.3 is 0 Å². The number of carbonyl (C=O) groups excluding carboxylic acids is 2. The van der Waals surface area contributed by atoms with Crippen LogP contribution in [-0.4, -0.2) is 11.6 Å². The van der Waals surface area contributed by atoms with Crippen LogP contribution in [0.25, 0.3) is 0 Å². The maximum atomic E-state index is 11.8. The van der Waals surface area contributed by atoms with Crippen molar-refractivity contribution in [3.05, 3.63) is 78.2 Å². The monoisotopic (exact) mass is 376 g/mol. The Morgan fingerprint density at radius 2 is 1.00 bits per heavy atom. The number of carbonyl (C=O) groups is 2. The van der Waals surface area contributed by atoms with Crippen LogP contribution in [0.4, 0.5) is 0 Å². The summed E-state index contributed by atoms with van der Waals surface area (Å²) < 4.78 is 0. The fourth-order valence-electron chi connectivity index (χ4n) is 1.49. The first-order valence-corrected chi connectivity index (χ1v) is 5.31. The molecule has 2 aromatic carbocycles. The van der Waals surface area contributed by atoms with Crippen molar-refractivity contribution in [2.75, 3.05) is 0 Å². The fourth-order valence-corrected chi connectivity index (χ4v) is 1.49. The van der Waals surface area contributed by atoms with E-state index in [9.17, 15) is 9.59 Å². The molecule has 0 fully saturated rings. The molecule has 2 rings (SSSR count). The van der Waals surface area contributed by atoms with Gasteiger partial charge in [-0.25, -0.2) is 0 Å². The Morgan fingerprint density at radius 3 is 1.33 bits per heavy atom. The first-order chi connectivity index (χ1) is 8.27. The minimum atomic E-state index is -0.264. The smallest absolute Gasteiger partial charge is 0.0832 e. The molecular formula is C15H11EuO2-. The van der Waals surface area contributed by atoms with Crippen LogP contribution in [0.3, 0.4) is 0 Å². The minimum Gasteiger partial charge on any atom is -0.318 e. The number of benzene rings is 2. The van der Waals surface area contributed by atoms with E-state index in [1.165, 1.54) is 0 Å². The van der Waals surface area contributed by atoms with E-state index in [0.29, 0.717) is 11.1 Å². The van der Waals surface area contributed by atoms with E-state index in [0.717, 1.165) is 6.42 Å². The first-order valence-electron chi connectivity index (χ1n) is 5.31. The summed E-state index contributed by atoms with van der Waals surface area (Å²) >= 11 is 0. The second kappa shape index (κ2) is 7.62. The summed E-state index contributed by atoms with van der Waals surface area (Å²) in [6, 6.07) is 17.5. The summed E-state index contributed by atoms with van der Waals surface area (Å²) in [6.45, 7) is 0. The van der Waals surface area contributed by atoms with Crippen molar-refractivity contribution in [2.45, 2.75) is 0 Å². The molecule has 0 aliphatic carbocycles. The predicted molar refractivity (Wildman–Crippen MR) is 65.8 cm³/mol. The molecule has 0 aromatic heterocycles. The normalized spacial score (nSPS) is 9.11. The molecule has 1 radical (unpaired) electrons. The van der Waals surface area contributed by atoms with E-state index in [1.807, 2.05) is 12.1 Å². The van der Waals surface area contributed by atoms with Crippen LogP contribution < -0.4 is 0 Å². The van der Waals surface area contributed by atoms with Gasteiger partial charge in [-0.3, -0.25) is 0 Å². The van der Waals surface area contributed by atoms with Crippen molar-refractivity contribution in [2.24, 2.45) is 0 Å². The largest absolute Gasteiger partial charge is 0.318 e. The molecule has 91 valence electrons. The van der Waals surface area contributed by atoms with Gasteiger partial charge in [0.2, 0.25) is 0 Å². The van der Waals surface area contributed by atoms with Crippen LogP contribution in [0.2, 0.25) is 0 Å². The van der Waals surface area contributed by atoms with E-state index < -0.39 is 0 Å². The molecule has 0 atom stereocenters. The van der Waals surface area contributed by atoms with Gasteiger partial charge in [-0.15, -0.1) is 24.3 Å². The van der Waals surface area contributed by atoms with Gasteiger partial charge in [-0.2, -0.15) is 0 Å². The zero-order valence-corrected chi connectivity index (χ0v) is 12.0. The Morgan fingerprint density at radius 1 is 0.667 bits per heavy atom. The Labute approximate surface area is 147 Å².